The summed E-state index contributed by atoms with van der Waals surface area (Å²) in [6.07, 6.45) is 5.63. The maximum atomic E-state index is 14.0. The molecule has 2 aliphatic carbocycles. The molecule has 0 bridgehead atoms. The SMILES string of the molecule is CC1CCc2c(sc3nc(C4CC4)nc(SCC(=O)c4ccccc4F)c23)C1. The van der Waals surface area contributed by atoms with Gasteiger partial charge in [-0.1, -0.05) is 30.8 Å². The smallest absolute Gasteiger partial charge is 0.176 e. The Hall–Kier alpha value is -1.79. The summed E-state index contributed by atoms with van der Waals surface area (Å²) in [6, 6.07) is 6.19. The number of aromatic nitrogens is 2. The zero-order chi connectivity index (χ0) is 19.3. The summed E-state index contributed by atoms with van der Waals surface area (Å²) in [5.74, 6) is 1.62. The molecule has 6 heteroatoms. The minimum Gasteiger partial charge on any atom is -0.293 e. The summed E-state index contributed by atoms with van der Waals surface area (Å²) in [6.45, 7) is 2.30. The summed E-state index contributed by atoms with van der Waals surface area (Å²) >= 11 is 3.24. The first kappa shape index (κ1) is 18.3. The van der Waals surface area contributed by atoms with E-state index >= 15 is 0 Å². The van der Waals surface area contributed by atoms with Crippen LogP contribution in [0.1, 0.15) is 58.7 Å². The molecule has 2 aromatic heterocycles. The Labute approximate surface area is 171 Å². The van der Waals surface area contributed by atoms with Crippen LogP contribution in [0, 0.1) is 11.7 Å². The molecule has 1 fully saturated rings. The van der Waals surface area contributed by atoms with Crippen LogP contribution in [-0.4, -0.2) is 21.5 Å². The minimum atomic E-state index is -0.457. The van der Waals surface area contributed by atoms with E-state index in [2.05, 4.69) is 6.92 Å². The molecule has 2 aliphatic rings. The first-order chi connectivity index (χ1) is 13.6. The lowest BCUT2D eigenvalue weighted by atomic mass is 9.89. The van der Waals surface area contributed by atoms with Crippen LogP contribution in [-0.2, 0) is 12.8 Å². The lowest BCUT2D eigenvalue weighted by Crippen LogP contribution is -2.09. The number of benzene rings is 1. The number of ketones is 1. The highest BCUT2D eigenvalue weighted by atomic mass is 32.2. The van der Waals surface area contributed by atoms with Crippen LogP contribution in [0.3, 0.4) is 0 Å². The lowest BCUT2D eigenvalue weighted by Gasteiger charge is -2.18. The van der Waals surface area contributed by atoms with Gasteiger partial charge in [-0.15, -0.1) is 11.3 Å². The van der Waals surface area contributed by atoms with Gasteiger partial charge < -0.3 is 0 Å². The minimum absolute atomic E-state index is 0.156. The first-order valence-electron chi connectivity index (χ1n) is 9.83. The van der Waals surface area contributed by atoms with E-state index in [1.165, 1.54) is 34.7 Å². The Morgan fingerprint density at radius 1 is 1.25 bits per heavy atom. The normalized spacial score (nSPS) is 19.0. The Morgan fingerprint density at radius 3 is 2.86 bits per heavy atom. The summed E-state index contributed by atoms with van der Waals surface area (Å²) in [5, 5.41) is 2.05. The molecule has 1 saturated carbocycles. The van der Waals surface area contributed by atoms with E-state index in [1.54, 1.807) is 29.5 Å². The molecule has 0 radical (unpaired) electrons. The molecule has 0 amide bonds. The van der Waals surface area contributed by atoms with E-state index in [9.17, 15) is 9.18 Å². The molecular formula is C22H21FN2OS2. The molecule has 144 valence electrons. The van der Waals surface area contributed by atoms with Gasteiger partial charge in [0.1, 0.15) is 21.5 Å². The maximum absolute atomic E-state index is 14.0. The van der Waals surface area contributed by atoms with E-state index in [4.69, 9.17) is 9.97 Å². The highest BCUT2D eigenvalue weighted by Crippen LogP contribution is 2.44. The van der Waals surface area contributed by atoms with Gasteiger partial charge in [-0.05, 0) is 55.7 Å². The van der Waals surface area contributed by atoms with Crippen molar-refractivity contribution in [3.63, 3.8) is 0 Å². The third kappa shape index (κ3) is 3.37. The van der Waals surface area contributed by atoms with Crippen molar-refractivity contribution in [1.29, 1.82) is 0 Å². The van der Waals surface area contributed by atoms with E-state index < -0.39 is 5.82 Å². The van der Waals surface area contributed by atoms with Crippen LogP contribution in [0.15, 0.2) is 29.3 Å². The Balaban J connectivity index is 1.50. The van der Waals surface area contributed by atoms with E-state index in [0.717, 1.165) is 46.8 Å². The fourth-order valence-corrected chi connectivity index (χ4v) is 6.25. The number of fused-ring (bicyclic) bond motifs is 3. The number of rotatable bonds is 5. The van der Waals surface area contributed by atoms with Gasteiger partial charge in [0.2, 0.25) is 0 Å². The van der Waals surface area contributed by atoms with Crippen LogP contribution in [0.25, 0.3) is 10.2 Å². The largest absolute Gasteiger partial charge is 0.293 e. The van der Waals surface area contributed by atoms with Crippen LogP contribution in [0.2, 0.25) is 0 Å². The molecule has 28 heavy (non-hydrogen) atoms. The quantitative estimate of drug-likeness (QED) is 0.301. The van der Waals surface area contributed by atoms with Crippen LogP contribution in [0.5, 0.6) is 0 Å². The molecule has 3 nitrogen and oxygen atoms in total. The number of aryl methyl sites for hydroxylation is 1. The van der Waals surface area contributed by atoms with Gasteiger partial charge in [-0.2, -0.15) is 0 Å². The average molecular weight is 413 g/mol. The van der Waals surface area contributed by atoms with Crippen molar-refractivity contribution in [2.75, 3.05) is 5.75 Å². The Bertz CT molecular complexity index is 1070. The van der Waals surface area contributed by atoms with Crippen molar-refractivity contribution in [2.24, 2.45) is 5.92 Å². The fraction of sp³-hybridized carbons (Fsp3) is 0.409. The van der Waals surface area contributed by atoms with Crippen molar-refractivity contribution in [3.8, 4) is 0 Å². The number of halogens is 1. The molecule has 3 aromatic rings. The fourth-order valence-electron chi connectivity index (χ4n) is 3.85. The second-order valence-corrected chi connectivity index (χ2v) is 9.93. The molecule has 1 atom stereocenters. The second kappa shape index (κ2) is 7.23. The molecule has 5 rings (SSSR count). The van der Waals surface area contributed by atoms with Crippen LogP contribution < -0.4 is 0 Å². The maximum Gasteiger partial charge on any atom is 0.176 e. The number of nitrogens with zero attached hydrogens (tertiary/aromatic N) is 2. The van der Waals surface area contributed by atoms with Gasteiger partial charge in [0, 0.05) is 16.2 Å². The molecule has 0 aliphatic heterocycles. The van der Waals surface area contributed by atoms with E-state index in [0.29, 0.717) is 11.8 Å². The topological polar surface area (TPSA) is 42.9 Å². The second-order valence-electron chi connectivity index (χ2n) is 7.88. The van der Waals surface area contributed by atoms with Crippen molar-refractivity contribution in [3.05, 3.63) is 51.9 Å². The van der Waals surface area contributed by atoms with Crippen molar-refractivity contribution in [1.82, 2.24) is 9.97 Å². The van der Waals surface area contributed by atoms with Gasteiger partial charge in [0.15, 0.2) is 5.78 Å². The van der Waals surface area contributed by atoms with Crippen molar-refractivity contribution >= 4 is 39.1 Å². The van der Waals surface area contributed by atoms with Gasteiger partial charge in [0.05, 0.1) is 11.3 Å². The molecule has 1 unspecified atom stereocenters. The van der Waals surface area contributed by atoms with E-state index in [-0.39, 0.29) is 17.1 Å². The number of carbonyl (C=O) groups excluding carboxylic acids is 1. The van der Waals surface area contributed by atoms with Gasteiger partial charge >= 0.3 is 0 Å². The Kier molecular flexibility index (Phi) is 4.71. The summed E-state index contributed by atoms with van der Waals surface area (Å²) in [7, 11) is 0. The van der Waals surface area contributed by atoms with Gasteiger partial charge in [0.25, 0.3) is 0 Å². The molecule has 1 aromatic carbocycles. The summed E-state index contributed by atoms with van der Waals surface area (Å²) in [4.78, 5) is 24.8. The van der Waals surface area contributed by atoms with Gasteiger partial charge in [-0.25, -0.2) is 14.4 Å². The third-order valence-corrected chi connectivity index (χ3v) is 7.72. The number of thiophene rings is 1. The zero-order valence-electron chi connectivity index (χ0n) is 15.7. The van der Waals surface area contributed by atoms with E-state index in [1.807, 2.05) is 0 Å². The van der Waals surface area contributed by atoms with Gasteiger partial charge in [-0.3, -0.25) is 4.79 Å². The molecule has 0 spiro atoms. The highest BCUT2D eigenvalue weighted by Gasteiger charge is 2.30. The molecule has 0 N–H and O–H groups in total. The molecule has 0 saturated heterocycles. The summed E-state index contributed by atoms with van der Waals surface area (Å²) < 4.78 is 14.0. The average Bonchev–Trinajstić information content (AvgIpc) is 3.47. The third-order valence-electron chi connectivity index (χ3n) is 5.60. The van der Waals surface area contributed by atoms with Crippen molar-refractivity contribution in [2.45, 2.75) is 50.0 Å². The molecule has 2 heterocycles. The number of carbonyl (C=O) groups is 1. The van der Waals surface area contributed by atoms with Crippen molar-refractivity contribution < 1.29 is 9.18 Å². The standard InChI is InChI=1S/C22H21FN2OS2/c1-12-6-9-15-18(10-12)28-22-19(15)21(24-20(25-22)13-7-8-13)27-11-17(26)14-4-2-3-5-16(14)23/h2-5,12-13H,6-11H2,1H3. The Morgan fingerprint density at radius 2 is 2.07 bits per heavy atom. The number of hydrogen-bond donors (Lipinski definition) is 0. The molecular weight excluding hydrogens is 391 g/mol. The number of Topliss-reactive ketones (excluding diaryl/α,β-unsaturated/α-hetero) is 1. The van der Waals surface area contributed by atoms with Crippen LogP contribution in [0.4, 0.5) is 4.39 Å². The predicted octanol–water partition coefficient (Wildman–Crippen LogP) is 5.81. The lowest BCUT2D eigenvalue weighted by molar-refractivity contribution is 0.101. The zero-order valence-corrected chi connectivity index (χ0v) is 17.3. The number of hydrogen-bond acceptors (Lipinski definition) is 5. The highest BCUT2D eigenvalue weighted by molar-refractivity contribution is 8.00. The van der Waals surface area contributed by atoms with Crippen LogP contribution >= 0.6 is 23.1 Å². The first-order valence-corrected chi connectivity index (χ1v) is 11.6. The predicted molar refractivity (Wildman–Crippen MR) is 112 cm³/mol. The summed E-state index contributed by atoms with van der Waals surface area (Å²) in [5.41, 5.74) is 1.53. The monoisotopic (exact) mass is 412 g/mol. The number of thioether (sulfide) groups is 1.